The van der Waals surface area contributed by atoms with Gasteiger partial charge < -0.3 is 10.2 Å². The molecule has 3 nitrogen and oxygen atoms in total. The van der Waals surface area contributed by atoms with Crippen molar-refractivity contribution in [3.8, 4) is 0 Å². The van der Waals surface area contributed by atoms with Crippen LogP contribution in [0.25, 0.3) is 0 Å². The molecule has 0 aromatic heterocycles. The van der Waals surface area contributed by atoms with Gasteiger partial charge in [-0.2, -0.15) is 0 Å². The van der Waals surface area contributed by atoms with Crippen LogP contribution in [0.15, 0.2) is 24.3 Å². The number of amides is 1. The van der Waals surface area contributed by atoms with Crippen molar-refractivity contribution in [2.75, 3.05) is 11.9 Å². The number of rotatable bonds is 1. The number of fused-ring (bicyclic) bond motifs is 1. The number of hydrogen-bond donors (Lipinski definition) is 1. The summed E-state index contributed by atoms with van der Waals surface area (Å²) in [6.45, 7) is 4.21. The molecule has 3 heteroatoms. The molecule has 0 radical (unpaired) electrons. The van der Waals surface area contributed by atoms with Crippen LogP contribution in [0.5, 0.6) is 0 Å². The predicted octanol–water partition coefficient (Wildman–Crippen LogP) is 1.85. The lowest BCUT2D eigenvalue weighted by Crippen LogP contribution is -2.53. The van der Waals surface area contributed by atoms with Crippen molar-refractivity contribution in [1.82, 2.24) is 5.32 Å². The van der Waals surface area contributed by atoms with Crippen molar-refractivity contribution in [2.45, 2.75) is 20.0 Å². The summed E-state index contributed by atoms with van der Waals surface area (Å²) in [5.41, 5.74) is 1.77. The number of anilines is 1. The Morgan fingerprint density at radius 2 is 2.00 bits per heavy atom. The van der Waals surface area contributed by atoms with Crippen LogP contribution in [0.3, 0.4) is 0 Å². The first-order chi connectivity index (χ1) is 7.11. The summed E-state index contributed by atoms with van der Waals surface area (Å²) < 4.78 is 0. The van der Waals surface area contributed by atoms with Gasteiger partial charge in [0.15, 0.2) is 0 Å². The first-order valence-electron chi connectivity index (χ1n) is 5.24. The van der Waals surface area contributed by atoms with E-state index in [1.807, 2.05) is 31.3 Å². The maximum absolute atomic E-state index is 11.8. The molecule has 15 heavy (non-hydrogen) atoms. The number of carbonyl (C=O) groups excluding carboxylic acids is 1. The van der Waals surface area contributed by atoms with E-state index in [0.717, 1.165) is 11.3 Å². The van der Waals surface area contributed by atoms with Gasteiger partial charge in [-0.1, -0.05) is 26.0 Å². The van der Waals surface area contributed by atoms with Gasteiger partial charge in [-0.3, -0.25) is 4.79 Å². The monoisotopic (exact) mass is 204 g/mol. The van der Waals surface area contributed by atoms with E-state index in [4.69, 9.17) is 0 Å². The zero-order chi connectivity index (χ0) is 11.0. The summed E-state index contributed by atoms with van der Waals surface area (Å²) >= 11 is 0. The minimum Gasteiger partial charge on any atom is -0.353 e. The minimum absolute atomic E-state index is 0.0300. The van der Waals surface area contributed by atoms with Crippen molar-refractivity contribution in [3.63, 3.8) is 0 Å². The van der Waals surface area contributed by atoms with Gasteiger partial charge in [0.1, 0.15) is 6.17 Å². The van der Waals surface area contributed by atoms with Gasteiger partial charge in [-0.05, 0) is 18.1 Å². The highest BCUT2D eigenvalue weighted by Gasteiger charge is 2.29. The maximum atomic E-state index is 11.8. The normalized spacial score (nSPS) is 20.1. The summed E-state index contributed by atoms with van der Waals surface area (Å²) in [7, 11) is 2.02. The molecule has 2 rings (SSSR count). The van der Waals surface area contributed by atoms with E-state index in [1.54, 1.807) is 0 Å². The summed E-state index contributed by atoms with van der Waals surface area (Å²) in [6, 6.07) is 7.70. The van der Waals surface area contributed by atoms with Gasteiger partial charge in [0.05, 0.1) is 11.3 Å². The fraction of sp³-hybridized carbons (Fsp3) is 0.417. The summed E-state index contributed by atoms with van der Waals surface area (Å²) in [5.74, 6) is 0.426. The molecule has 1 unspecified atom stereocenters. The predicted molar refractivity (Wildman–Crippen MR) is 60.9 cm³/mol. The Morgan fingerprint density at radius 1 is 1.33 bits per heavy atom. The highest BCUT2D eigenvalue weighted by Crippen LogP contribution is 2.26. The number of nitrogens with zero attached hydrogens (tertiary/aromatic N) is 1. The lowest BCUT2D eigenvalue weighted by molar-refractivity contribution is 0.0916. The Bertz CT molecular complexity index is 387. The fourth-order valence-corrected chi connectivity index (χ4v) is 2.05. The molecular formula is C12H16N2O. The first kappa shape index (κ1) is 10.0. The van der Waals surface area contributed by atoms with Crippen LogP contribution in [0.1, 0.15) is 24.2 Å². The Kier molecular flexibility index (Phi) is 2.39. The average molecular weight is 204 g/mol. The lowest BCUT2D eigenvalue weighted by Gasteiger charge is -2.38. The van der Waals surface area contributed by atoms with Gasteiger partial charge >= 0.3 is 0 Å². The van der Waals surface area contributed by atoms with Crippen molar-refractivity contribution in [2.24, 2.45) is 5.92 Å². The van der Waals surface area contributed by atoms with Crippen molar-refractivity contribution >= 4 is 11.6 Å². The first-order valence-corrected chi connectivity index (χ1v) is 5.24. The highest BCUT2D eigenvalue weighted by molar-refractivity contribution is 6.01. The molecule has 1 aromatic carbocycles. The SMILES string of the molecule is CC(C)C1NC(=O)c2ccccc2N1C. The van der Waals surface area contributed by atoms with Crippen LogP contribution in [-0.2, 0) is 0 Å². The number of carbonyl (C=O) groups is 1. The number of hydrogen-bond acceptors (Lipinski definition) is 2. The molecule has 1 heterocycles. The molecule has 1 atom stereocenters. The fourth-order valence-electron chi connectivity index (χ4n) is 2.05. The van der Waals surface area contributed by atoms with Gasteiger partial charge in [0.2, 0.25) is 0 Å². The Balaban J connectivity index is 2.44. The van der Waals surface area contributed by atoms with Crippen LogP contribution >= 0.6 is 0 Å². The molecule has 1 aliphatic rings. The van der Waals surface area contributed by atoms with Crippen molar-refractivity contribution in [1.29, 1.82) is 0 Å². The number of nitrogens with one attached hydrogen (secondary N) is 1. The van der Waals surface area contributed by atoms with Gasteiger partial charge in [-0.25, -0.2) is 0 Å². The van der Waals surface area contributed by atoms with Crippen LogP contribution < -0.4 is 10.2 Å². The third-order valence-corrected chi connectivity index (χ3v) is 2.86. The zero-order valence-corrected chi connectivity index (χ0v) is 9.32. The Morgan fingerprint density at radius 3 is 2.67 bits per heavy atom. The molecule has 0 saturated carbocycles. The maximum Gasteiger partial charge on any atom is 0.254 e. The molecule has 1 aromatic rings. The summed E-state index contributed by atoms with van der Waals surface area (Å²) in [5, 5.41) is 3.01. The second-order valence-electron chi connectivity index (χ2n) is 4.29. The second-order valence-corrected chi connectivity index (χ2v) is 4.29. The molecule has 80 valence electrons. The molecule has 0 bridgehead atoms. The van der Waals surface area contributed by atoms with E-state index in [1.165, 1.54) is 0 Å². The van der Waals surface area contributed by atoms with Crippen molar-refractivity contribution < 1.29 is 4.79 Å². The topological polar surface area (TPSA) is 32.3 Å². The van der Waals surface area contributed by atoms with E-state index in [-0.39, 0.29) is 12.1 Å². The van der Waals surface area contributed by atoms with Crippen LogP contribution in [0.2, 0.25) is 0 Å². The molecule has 0 aliphatic carbocycles. The van der Waals surface area contributed by atoms with E-state index in [0.29, 0.717) is 5.92 Å². The summed E-state index contributed by atoms with van der Waals surface area (Å²) in [4.78, 5) is 13.9. The van der Waals surface area contributed by atoms with Crippen LogP contribution in [-0.4, -0.2) is 19.1 Å². The minimum atomic E-state index is 0.0300. The van der Waals surface area contributed by atoms with E-state index >= 15 is 0 Å². The quantitative estimate of drug-likeness (QED) is 0.757. The van der Waals surface area contributed by atoms with Gasteiger partial charge in [0, 0.05) is 7.05 Å². The third kappa shape index (κ3) is 1.58. The Labute approximate surface area is 90.1 Å². The van der Waals surface area contributed by atoms with E-state index in [2.05, 4.69) is 24.1 Å². The molecule has 1 aliphatic heterocycles. The molecule has 1 amide bonds. The van der Waals surface area contributed by atoms with Gasteiger partial charge in [-0.15, -0.1) is 0 Å². The average Bonchev–Trinajstić information content (AvgIpc) is 2.23. The van der Waals surface area contributed by atoms with Gasteiger partial charge in [0.25, 0.3) is 5.91 Å². The largest absolute Gasteiger partial charge is 0.353 e. The molecule has 0 fully saturated rings. The third-order valence-electron chi connectivity index (χ3n) is 2.86. The van der Waals surface area contributed by atoms with E-state index in [9.17, 15) is 4.79 Å². The molecule has 0 spiro atoms. The summed E-state index contributed by atoms with van der Waals surface area (Å²) in [6.07, 6.45) is 0.0902. The van der Waals surface area contributed by atoms with Crippen LogP contribution in [0, 0.1) is 5.92 Å². The lowest BCUT2D eigenvalue weighted by atomic mass is 10.0. The second kappa shape index (κ2) is 3.57. The molecular weight excluding hydrogens is 188 g/mol. The molecule has 1 N–H and O–H groups in total. The Hall–Kier alpha value is -1.51. The number of benzene rings is 1. The van der Waals surface area contributed by atoms with Crippen molar-refractivity contribution in [3.05, 3.63) is 29.8 Å². The standard InChI is InChI=1S/C12H16N2O/c1-8(2)11-13-12(15)9-6-4-5-7-10(9)14(11)3/h4-8,11H,1-3H3,(H,13,15). The zero-order valence-electron chi connectivity index (χ0n) is 9.32. The molecule has 0 saturated heterocycles. The number of para-hydroxylation sites is 1. The highest BCUT2D eigenvalue weighted by atomic mass is 16.2. The smallest absolute Gasteiger partial charge is 0.254 e. The van der Waals surface area contributed by atoms with E-state index < -0.39 is 0 Å². The van der Waals surface area contributed by atoms with Crippen LogP contribution in [0.4, 0.5) is 5.69 Å².